The van der Waals surface area contributed by atoms with Crippen molar-refractivity contribution in [1.29, 1.82) is 0 Å². The molecule has 0 spiro atoms. The molecule has 21 heavy (non-hydrogen) atoms. The predicted octanol–water partition coefficient (Wildman–Crippen LogP) is 4.56. The van der Waals surface area contributed by atoms with Gasteiger partial charge in [-0.2, -0.15) is 0 Å². The van der Waals surface area contributed by atoms with Gasteiger partial charge in [-0.1, -0.05) is 60.7 Å². The summed E-state index contributed by atoms with van der Waals surface area (Å²) in [5.74, 6) is 0.879. The van der Waals surface area contributed by atoms with Crippen LogP contribution < -0.4 is 10.6 Å². The number of nitrogens with zero attached hydrogens (tertiary/aromatic N) is 3. The highest BCUT2D eigenvalue weighted by Crippen LogP contribution is 2.62. The summed E-state index contributed by atoms with van der Waals surface area (Å²) in [5.41, 5.74) is 0. The molecule has 0 aliphatic carbocycles. The maximum Gasteiger partial charge on any atom is 0.138 e. The van der Waals surface area contributed by atoms with Crippen LogP contribution in [0.2, 0.25) is 0 Å². The molecule has 1 heterocycles. The molecule has 0 aromatic heterocycles. The average Bonchev–Trinajstić information content (AvgIpc) is 2.47. The van der Waals surface area contributed by atoms with Crippen LogP contribution in [-0.2, 0) is 0 Å². The van der Waals surface area contributed by atoms with Crippen LogP contribution in [0.5, 0.6) is 0 Å². The SMILES string of the molecule is CC1=NP(c2ccccc2)(c2ccccc2)=NP(C)(C)=N1. The van der Waals surface area contributed by atoms with Crippen LogP contribution in [0.15, 0.2) is 74.7 Å². The van der Waals surface area contributed by atoms with Crippen molar-refractivity contribution in [2.24, 2.45) is 14.0 Å². The van der Waals surface area contributed by atoms with Crippen molar-refractivity contribution in [3.05, 3.63) is 60.7 Å². The fraction of sp³-hybridized carbons (Fsp3) is 0.188. The largest absolute Gasteiger partial charge is 0.232 e. The van der Waals surface area contributed by atoms with Crippen LogP contribution in [0.3, 0.4) is 0 Å². The molecule has 0 radical (unpaired) electrons. The van der Waals surface area contributed by atoms with Crippen LogP contribution >= 0.6 is 14.4 Å². The van der Waals surface area contributed by atoms with Crippen LogP contribution in [0, 0.1) is 0 Å². The van der Waals surface area contributed by atoms with Crippen LogP contribution in [0.1, 0.15) is 6.92 Å². The number of hydrogen-bond acceptors (Lipinski definition) is 3. The second-order valence-electron chi connectivity index (χ2n) is 5.45. The summed E-state index contributed by atoms with van der Waals surface area (Å²) in [6.07, 6.45) is 0. The number of benzene rings is 2. The molecule has 3 rings (SSSR count). The minimum atomic E-state index is -2.10. The van der Waals surface area contributed by atoms with Gasteiger partial charge in [0.25, 0.3) is 0 Å². The molecular weight excluding hydrogens is 296 g/mol. The zero-order chi connectivity index (χ0) is 14.9. The predicted molar refractivity (Wildman–Crippen MR) is 95.8 cm³/mol. The Balaban J connectivity index is 2.39. The van der Waals surface area contributed by atoms with Crippen molar-refractivity contribution in [3.63, 3.8) is 0 Å². The summed E-state index contributed by atoms with van der Waals surface area (Å²) < 4.78 is 14.9. The number of amidine groups is 1. The highest BCUT2D eigenvalue weighted by Gasteiger charge is 2.29. The van der Waals surface area contributed by atoms with Crippen LogP contribution in [-0.4, -0.2) is 19.2 Å². The van der Waals surface area contributed by atoms with Gasteiger partial charge in [-0.15, -0.1) is 0 Å². The van der Waals surface area contributed by atoms with Crippen molar-refractivity contribution in [3.8, 4) is 0 Å². The Morgan fingerprint density at radius 3 is 1.67 bits per heavy atom. The van der Waals surface area contributed by atoms with Gasteiger partial charge < -0.3 is 0 Å². The molecule has 0 N–H and O–H groups in total. The summed E-state index contributed by atoms with van der Waals surface area (Å²) in [4.78, 5) is 0. The molecule has 5 heteroatoms. The monoisotopic (exact) mass is 315 g/mol. The van der Waals surface area contributed by atoms with Gasteiger partial charge >= 0.3 is 0 Å². The Morgan fingerprint density at radius 1 is 0.762 bits per heavy atom. The highest BCUT2D eigenvalue weighted by atomic mass is 31.2. The van der Waals surface area contributed by atoms with E-state index >= 15 is 0 Å². The van der Waals surface area contributed by atoms with E-state index in [1.54, 1.807) is 0 Å². The number of rotatable bonds is 2. The van der Waals surface area contributed by atoms with E-state index in [4.69, 9.17) is 9.28 Å². The first-order chi connectivity index (χ1) is 10.0. The lowest BCUT2D eigenvalue weighted by Gasteiger charge is -2.28. The summed E-state index contributed by atoms with van der Waals surface area (Å²) in [6.45, 7) is 6.31. The standard InChI is InChI=1S/C16H19N3P2/c1-14-17-20(2,3)19-21(18-14,15-10-6-4-7-11-15)16-12-8-5-9-13-16/h4-13H,1-3H3. The van der Waals surface area contributed by atoms with Crippen LogP contribution in [0.4, 0.5) is 0 Å². The van der Waals surface area contributed by atoms with Gasteiger partial charge in [-0.05, 0) is 20.3 Å². The second kappa shape index (κ2) is 5.40. The molecular formula is C16H19N3P2. The topological polar surface area (TPSA) is 37.1 Å². The van der Waals surface area contributed by atoms with E-state index in [0.717, 1.165) is 5.84 Å². The smallest absolute Gasteiger partial charge is 0.138 e. The minimum absolute atomic E-state index is 0.879. The summed E-state index contributed by atoms with van der Waals surface area (Å²) in [7, 11) is -3.78. The van der Waals surface area contributed by atoms with Crippen molar-refractivity contribution in [1.82, 2.24) is 0 Å². The maximum atomic E-state index is 5.20. The lowest BCUT2D eigenvalue weighted by molar-refractivity contribution is 1.52. The molecule has 3 nitrogen and oxygen atoms in total. The third-order valence-electron chi connectivity index (χ3n) is 3.26. The molecule has 0 fully saturated rings. The lowest BCUT2D eigenvalue weighted by Crippen LogP contribution is -2.16. The maximum absolute atomic E-state index is 5.20. The first kappa shape index (κ1) is 14.5. The summed E-state index contributed by atoms with van der Waals surface area (Å²) in [6, 6.07) is 20.9. The van der Waals surface area contributed by atoms with Crippen molar-refractivity contribution in [2.75, 3.05) is 13.3 Å². The van der Waals surface area contributed by atoms with E-state index in [9.17, 15) is 0 Å². The molecule has 0 amide bonds. The Kier molecular flexibility index (Phi) is 3.73. The second-order valence-corrected chi connectivity index (χ2v) is 11.5. The minimum Gasteiger partial charge on any atom is -0.232 e. The molecule has 0 unspecified atom stereocenters. The van der Waals surface area contributed by atoms with Gasteiger partial charge in [0.15, 0.2) is 0 Å². The quantitative estimate of drug-likeness (QED) is 0.729. The van der Waals surface area contributed by atoms with Gasteiger partial charge in [0.2, 0.25) is 0 Å². The third kappa shape index (κ3) is 2.81. The first-order valence-electron chi connectivity index (χ1n) is 6.91. The molecule has 1 aliphatic heterocycles. The molecule has 0 saturated carbocycles. The van der Waals surface area contributed by atoms with E-state index in [0.29, 0.717) is 0 Å². The van der Waals surface area contributed by atoms with E-state index < -0.39 is 14.4 Å². The Bertz CT molecular complexity index is 743. The molecule has 0 saturated heterocycles. The van der Waals surface area contributed by atoms with E-state index in [2.05, 4.69) is 66.6 Å². The fourth-order valence-electron chi connectivity index (χ4n) is 2.58. The Morgan fingerprint density at radius 2 is 1.24 bits per heavy atom. The van der Waals surface area contributed by atoms with Crippen molar-refractivity contribution < 1.29 is 0 Å². The third-order valence-corrected chi connectivity index (χ3v) is 9.44. The average molecular weight is 315 g/mol. The summed E-state index contributed by atoms with van der Waals surface area (Å²) >= 11 is 0. The lowest BCUT2D eigenvalue weighted by atomic mass is 10.4. The van der Waals surface area contributed by atoms with Crippen molar-refractivity contribution >= 4 is 30.9 Å². The van der Waals surface area contributed by atoms with Gasteiger partial charge in [-0.3, -0.25) is 0 Å². The zero-order valence-corrected chi connectivity index (χ0v) is 14.3. The Hall–Kier alpha value is -1.43. The van der Waals surface area contributed by atoms with Gasteiger partial charge in [0.05, 0.1) is 7.21 Å². The fourth-order valence-corrected chi connectivity index (χ4v) is 9.25. The zero-order valence-electron chi connectivity index (χ0n) is 12.5. The number of hydrogen-bond donors (Lipinski definition) is 0. The van der Waals surface area contributed by atoms with Gasteiger partial charge in [-0.25, -0.2) is 14.0 Å². The molecule has 2 aromatic rings. The van der Waals surface area contributed by atoms with Gasteiger partial charge in [0.1, 0.15) is 13.0 Å². The summed E-state index contributed by atoms with van der Waals surface area (Å²) in [5, 5.41) is 2.41. The highest BCUT2D eigenvalue weighted by molar-refractivity contribution is 7.85. The Labute approximate surface area is 126 Å². The molecule has 0 bridgehead atoms. The molecule has 0 atom stereocenters. The normalized spacial score (nSPS) is 19.1. The van der Waals surface area contributed by atoms with Crippen LogP contribution in [0.25, 0.3) is 0 Å². The molecule has 2 aromatic carbocycles. The first-order valence-corrected chi connectivity index (χ1v) is 11.2. The van der Waals surface area contributed by atoms with E-state index in [1.165, 1.54) is 10.6 Å². The van der Waals surface area contributed by atoms with Gasteiger partial charge in [0, 0.05) is 10.6 Å². The van der Waals surface area contributed by atoms with E-state index in [-0.39, 0.29) is 0 Å². The molecule has 1 aliphatic rings. The van der Waals surface area contributed by atoms with Crippen molar-refractivity contribution in [2.45, 2.75) is 6.92 Å². The van der Waals surface area contributed by atoms with E-state index in [1.807, 2.05) is 19.1 Å². The molecule has 108 valence electrons.